The highest BCUT2D eigenvalue weighted by Crippen LogP contribution is 2.30. The molecule has 3 rings (SSSR count). The number of hydrogen-bond acceptors (Lipinski definition) is 3. The quantitative estimate of drug-likeness (QED) is 0.638. The summed E-state index contributed by atoms with van der Waals surface area (Å²) in [4.78, 5) is 7.89. The molecule has 1 heterocycles. The van der Waals surface area contributed by atoms with E-state index in [4.69, 9.17) is 11.6 Å². The molecule has 0 fully saturated rings. The molecule has 3 aromatic rings. The minimum Gasteiger partial charge on any atom is -0.341 e. The van der Waals surface area contributed by atoms with Crippen LogP contribution >= 0.6 is 11.6 Å². The highest BCUT2D eigenvalue weighted by atomic mass is 35.5. The lowest BCUT2D eigenvalue weighted by atomic mass is 10.1. The van der Waals surface area contributed by atoms with Gasteiger partial charge in [-0.25, -0.2) is 18.1 Å². The Balaban J connectivity index is 2.12. The lowest BCUT2D eigenvalue weighted by Gasteiger charge is -2.21. The third kappa shape index (κ3) is 3.92. The summed E-state index contributed by atoms with van der Waals surface area (Å²) in [6, 6.07) is 12.6. The number of imidazole rings is 1. The number of aromatic nitrogens is 2. The average Bonchev–Trinajstić information content (AvgIpc) is 2.96. The van der Waals surface area contributed by atoms with Gasteiger partial charge in [0, 0.05) is 11.1 Å². The molecule has 1 atom stereocenters. The molecule has 26 heavy (non-hydrogen) atoms. The van der Waals surface area contributed by atoms with Crippen molar-refractivity contribution in [3.8, 4) is 11.1 Å². The molecular formula is C19H22ClN3O2S. The molecule has 2 aromatic carbocycles. The Morgan fingerprint density at radius 3 is 2.50 bits per heavy atom. The molecule has 1 unspecified atom stereocenters. The zero-order valence-electron chi connectivity index (χ0n) is 15.2. The maximum Gasteiger partial charge on any atom is 0.241 e. The van der Waals surface area contributed by atoms with E-state index in [9.17, 15) is 8.42 Å². The number of hydrogen-bond donors (Lipinski definition) is 2. The smallest absolute Gasteiger partial charge is 0.241 e. The molecule has 0 aliphatic heterocycles. The lowest BCUT2D eigenvalue weighted by Crippen LogP contribution is -2.40. The van der Waals surface area contributed by atoms with E-state index in [0.717, 1.165) is 16.6 Å². The van der Waals surface area contributed by atoms with Crippen LogP contribution in [0.25, 0.3) is 22.2 Å². The van der Waals surface area contributed by atoms with Crippen molar-refractivity contribution in [2.45, 2.75) is 43.5 Å². The Hall–Kier alpha value is -1.89. The molecule has 0 bridgehead atoms. The van der Waals surface area contributed by atoms with E-state index in [1.54, 1.807) is 18.2 Å². The number of aromatic amines is 1. The topological polar surface area (TPSA) is 74.8 Å². The third-order valence-corrected chi connectivity index (χ3v) is 5.83. The summed E-state index contributed by atoms with van der Waals surface area (Å²) in [6.45, 7) is 7.30. The van der Waals surface area contributed by atoms with Crippen molar-refractivity contribution in [2.24, 2.45) is 0 Å². The number of fused-ring (bicyclic) bond motifs is 1. The van der Waals surface area contributed by atoms with E-state index in [1.165, 1.54) is 0 Å². The maximum absolute atomic E-state index is 12.9. The molecule has 5 nitrogen and oxygen atoms in total. The zero-order valence-corrected chi connectivity index (χ0v) is 16.7. The molecule has 138 valence electrons. The van der Waals surface area contributed by atoms with Crippen LogP contribution in [-0.2, 0) is 10.0 Å². The van der Waals surface area contributed by atoms with Gasteiger partial charge in [-0.15, -0.1) is 11.6 Å². The number of nitrogens with one attached hydrogen (secondary N) is 2. The normalized spacial score (nSPS) is 13.9. The van der Waals surface area contributed by atoms with Gasteiger partial charge in [-0.2, -0.15) is 0 Å². The van der Waals surface area contributed by atoms with Crippen LogP contribution in [0, 0.1) is 0 Å². The standard InChI is InChI=1S/C19H22ClN3O2S/c1-12(20)18-21-15-10-9-13(11-16(15)22-18)14-7-5-6-8-17(14)26(24,25)23-19(2,3)4/h5-12,23H,1-4H3,(H,21,22). The molecular weight excluding hydrogens is 370 g/mol. The summed E-state index contributed by atoms with van der Waals surface area (Å²) in [5, 5.41) is -0.227. The van der Waals surface area contributed by atoms with Crippen molar-refractivity contribution in [3.05, 3.63) is 48.3 Å². The number of rotatable bonds is 4. The van der Waals surface area contributed by atoms with Gasteiger partial charge in [-0.1, -0.05) is 24.3 Å². The van der Waals surface area contributed by atoms with Crippen LogP contribution in [0.15, 0.2) is 47.4 Å². The first-order chi connectivity index (χ1) is 12.1. The molecule has 2 N–H and O–H groups in total. The fraction of sp³-hybridized carbons (Fsp3) is 0.316. The average molecular weight is 392 g/mol. The lowest BCUT2D eigenvalue weighted by molar-refractivity contribution is 0.491. The van der Waals surface area contributed by atoms with E-state index in [0.29, 0.717) is 11.4 Å². The third-order valence-electron chi connectivity index (χ3n) is 3.81. The van der Waals surface area contributed by atoms with Crippen molar-refractivity contribution >= 4 is 32.7 Å². The fourth-order valence-electron chi connectivity index (χ4n) is 2.78. The van der Waals surface area contributed by atoms with Gasteiger partial charge in [-0.05, 0) is 51.5 Å². The number of nitrogens with zero attached hydrogens (tertiary/aromatic N) is 1. The molecule has 1 aromatic heterocycles. The molecule has 0 spiro atoms. The van der Waals surface area contributed by atoms with Gasteiger partial charge in [-0.3, -0.25) is 0 Å². The van der Waals surface area contributed by atoms with Gasteiger partial charge in [0.05, 0.1) is 21.3 Å². The summed E-state index contributed by atoms with van der Waals surface area (Å²) in [6.07, 6.45) is 0. The number of H-pyrrole nitrogens is 1. The maximum atomic E-state index is 12.9. The van der Waals surface area contributed by atoms with Crippen LogP contribution in [-0.4, -0.2) is 23.9 Å². The second-order valence-corrected chi connectivity index (χ2v) is 9.63. The van der Waals surface area contributed by atoms with E-state index in [-0.39, 0.29) is 10.3 Å². The molecule has 0 amide bonds. The summed E-state index contributed by atoms with van der Waals surface area (Å²) in [5.41, 5.74) is 2.49. The summed E-state index contributed by atoms with van der Waals surface area (Å²) >= 11 is 6.10. The summed E-state index contributed by atoms with van der Waals surface area (Å²) < 4.78 is 28.4. The highest BCUT2D eigenvalue weighted by Gasteiger charge is 2.24. The van der Waals surface area contributed by atoms with Crippen molar-refractivity contribution in [1.82, 2.24) is 14.7 Å². The second-order valence-electron chi connectivity index (χ2n) is 7.32. The van der Waals surface area contributed by atoms with Gasteiger partial charge in [0.15, 0.2) is 0 Å². The zero-order chi connectivity index (χ0) is 19.1. The van der Waals surface area contributed by atoms with Crippen LogP contribution in [0.1, 0.15) is 38.9 Å². The monoisotopic (exact) mass is 391 g/mol. The SMILES string of the molecule is CC(Cl)c1nc2ccc(-c3ccccc3S(=O)(=O)NC(C)(C)C)cc2[nH]1. The predicted molar refractivity (Wildman–Crippen MR) is 106 cm³/mol. The first-order valence-electron chi connectivity index (χ1n) is 8.34. The Labute approximate surface area is 158 Å². The van der Waals surface area contributed by atoms with Gasteiger partial charge >= 0.3 is 0 Å². The second kappa shape index (κ2) is 6.68. The fourth-order valence-corrected chi connectivity index (χ4v) is 4.54. The molecule has 0 saturated carbocycles. The van der Waals surface area contributed by atoms with Gasteiger partial charge < -0.3 is 4.98 Å². The first-order valence-corrected chi connectivity index (χ1v) is 10.3. The van der Waals surface area contributed by atoms with Gasteiger partial charge in [0.1, 0.15) is 5.82 Å². The van der Waals surface area contributed by atoms with Gasteiger partial charge in [0.25, 0.3) is 0 Å². The summed E-state index contributed by atoms with van der Waals surface area (Å²) in [5.74, 6) is 0.689. The minimum absolute atomic E-state index is 0.227. The van der Waals surface area contributed by atoms with E-state index >= 15 is 0 Å². The molecule has 0 aliphatic carbocycles. The van der Waals surface area contributed by atoms with Crippen molar-refractivity contribution in [2.75, 3.05) is 0 Å². The Morgan fingerprint density at radius 1 is 1.15 bits per heavy atom. The first kappa shape index (κ1) is 18.9. The number of alkyl halides is 1. The van der Waals surface area contributed by atoms with Crippen LogP contribution < -0.4 is 4.72 Å². The molecule has 7 heteroatoms. The molecule has 0 saturated heterocycles. The van der Waals surface area contributed by atoms with E-state index < -0.39 is 15.6 Å². The Kier molecular flexibility index (Phi) is 4.86. The summed E-state index contributed by atoms with van der Waals surface area (Å²) in [7, 11) is -3.66. The molecule has 0 aliphatic rings. The Bertz CT molecular complexity index is 1050. The van der Waals surface area contributed by atoms with Crippen molar-refractivity contribution in [3.63, 3.8) is 0 Å². The van der Waals surface area contributed by atoms with E-state index in [2.05, 4.69) is 14.7 Å². The van der Waals surface area contributed by atoms with Crippen LogP contribution in [0.4, 0.5) is 0 Å². The van der Waals surface area contributed by atoms with Crippen LogP contribution in [0.5, 0.6) is 0 Å². The Morgan fingerprint density at radius 2 is 1.85 bits per heavy atom. The molecule has 0 radical (unpaired) electrons. The van der Waals surface area contributed by atoms with Crippen molar-refractivity contribution < 1.29 is 8.42 Å². The van der Waals surface area contributed by atoms with Crippen molar-refractivity contribution in [1.29, 1.82) is 0 Å². The number of sulfonamides is 1. The van der Waals surface area contributed by atoms with Gasteiger partial charge in [0.2, 0.25) is 10.0 Å². The largest absolute Gasteiger partial charge is 0.341 e. The van der Waals surface area contributed by atoms with E-state index in [1.807, 2.05) is 52.0 Å². The number of halogens is 1. The van der Waals surface area contributed by atoms with Crippen LogP contribution in [0.2, 0.25) is 0 Å². The number of benzene rings is 2. The predicted octanol–water partition coefficient (Wildman–Crippen LogP) is 4.61. The minimum atomic E-state index is -3.66. The highest BCUT2D eigenvalue weighted by molar-refractivity contribution is 7.89. The van der Waals surface area contributed by atoms with Crippen LogP contribution in [0.3, 0.4) is 0 Å².